The lowest BCUT2D eigenvalue weighted by Crippen LogP contribution is -2.46. The van der Waals surface area contributed by atoms with Crippen LogP contribution in [0.1, 0.15) is 5.56 Å². The van der Waals surface area contributed by atoms with Crippen LogP contribution in [0.5, 0.6) is 0 Å². The molecule has 1 N–H and O–H groups in total. The Kier molecular flexibility index (Phi) is 5.59. The Morgan fingerprint density at radius 3 is 2.61 bits per heavy atom. The third-order valence-corrected chi connectivity index (χ3v) is 4.90. The molecule has 1 fully saturated rings. The van der Waals surface area contributed by atoms with Crippen LogP contribution in [0.3, 0.4) is 0 Å². The van der Waals surface area contributed by atoms with Crippen molar-refractivity contribution >= 4 is 5.82 Å². The fourth-order valence-corrected chi connectivity index (χ4v) is 3.49. The first-order valence-corrected chi connectivity index (χ1v) is 9.40. The lowest BCUT2D eigenvalue weighted by atomic mass is 10.1. The van der Waals surface area contributed by atoms with Crippen molar-refractivity contribution in [2.45, 2.75) is 13.1 Å². The minimum absolute atomic E-state index is 0.0856. The maximum Gasteiger partial charge on any atom is 0.155 e. The predicted octanol–water partition coefficient (Wildman–Crippen LogP) is 1.79. The van der Waals surface area contributed by atoms with Crippen LogP contribution in [0.25, 0.3) is 11.3 Å². The molecule has 146 valence electrons. The Morgan fingerprint density at radius 2 is 1.82 bits per heavy atom. The number of piperazine rings is 1. The molecule has 1 aliphatic rings. The van der Waals surface area contributed by atoms with Gasteiger partial charge in [0, 0.05) is 62.4 Å². The smallest absolute Gasteiger partial charge is 0.155 e. The van der Waals surface area contributed by atoms with E-state index in [0.717, 1.165) is 44.1 Å². The molecule has 3 aromatic rings. The van der Waals surface area contributed by atoms with Gasteiger partial charge in [-0.15, -0.1) is 0 Å². The lowest BCUT2D eigenvalue weighted by molar-refractivity contribution is 0.249. The van der Waals surface area contributed by atoms with Gasteiger partial charge in [-0.1, -0.05) is 12.1 Å². The van der Waals surface area contributed by atoms with E-state index in [0.29, 0.717) is 17.8 Å². The summed E-state index contributed by atoms with van der Waals surface area (Å²) in [5, 5.41) is 13.3. The molecule has 8 heteroatoms. The average Bonchev–Trinajstić information content (AvgIpc) is 3.16. The van der Waals surface area contributed by atoms with Crippen LogP contribution in [-0.2, 0) is 13.1 Å². The Bertz CT molecular complexity index is 922. The lowest BCUT2D eigenvalue weighted by Gasteiger charge is -2.35. The van der Waals surface area contributed by atoms with Gasteiger partial charge >= 0.3 is 0 Å². The van der Waals surface area contributed by atoms with Crippen LogP contribution in [-0.4, -0.2) is 62.5 Å². The summed E-state index contributed by atoms with van der Waals surface area (Å²) in [7, 11) is 0. The van der Waals surface area contributed by atoms with E-state index in [2.05, 4.69) is 24.9 Å². The summed E-state index contributed by atoms with van der Waals surface area (Å²) in [6.45, 7) is 4.76. The first-order valence-electron chi connectivity index (χ1n) is 9.40. The van der Waals surface area contributed by atoms with Gasteiger partial charge in [-0.05, 0) is 12.1 Å². The highest BCUT2D eigenvalue weighted by Crippen LogP contribution is 2.29. The fraction of sp³-hybridized carbons (Fsp3) is 0.350. The van der Waals surface area contributed by atoms with Crippen LogP contribution in [0.4, 0.5) is 10.2 Å². The summed E-state index contributed by atoms with van der Waals surface area (Å²) >= 11 is 0. The molecular weight excluding hydrogens is 359 g/mol. The number of aliphatic hydroxyl groups is 1. The molecule has 0 unspecified atom stereocenters. The summed E-state index contributed by atoms with van der Waals surface area (Å²) in [6.07, 6.45) is 7.08. The molecule has 2 aromatic heterocycles. The van der Waals surface area contributed by atoms with E-state index in [1.807, 2.05) is 18.5 Å². The number of benzene rings is 1. The normalized spacial score (nSPS) is 15.1. The summed E-state index contributed by atoms with van der Waals surface area (Å²) in [6, 6.07) is 6.67. The Hall–Kier alpha value is -2.84. The van der Waals surface area contributed by atoms with Gasteiger partial charge in [-0.25, -0.2) is 9.37 Å². The highest BCUT2D eigenvalue weighted by molar-refractivity contribution is 5.72. The van der Waals surface area contributed by atoms with E-state index in [1.54, 1.807) is 29.2 Å². The van der Waals surface area contributed by atoms with Crippen LogP contribution in [0, 0.1) is 5.82 Å². The van der Waals surface area contributed by atoms with Gasteiger partial charge in [0.25, 0.3) is 0 Å². The standard InChI is InChI=1S/C20H23FN6O/c21-18-4-2-1-3-17(18)19-20(23-6-5-22-19)26-9-7-25(8-10-26)14-16-13-24-27(15-16)11-12-28/h1-6,13,15,28H,7-12,14H2. The number of anilines is 1. The van der Waals surface area contributed by atoms with Crippen LogP contribution < -0.4 is 4.90 Å². The number of aliphatic hydroxyl groups excluding tert-OH is 1. The largest absolute Gasteiger partial charge is 0.394 e. The molecular formula is C20H23FN6O. The molecule has 0 aliphatic carbocycles. The molecule has 0 amide bonds. The average molecular weight is 382 g/mol. The van der Waals surface area contributed by atoms with Crippen molar-refractivity contribution in [2.24, 2.45) is 0 Å². The van der Waals surface area contributed by atoms with E-state index in [1.165, 1.54) is 6.07 Å². The van der Waals surface area contributed by atoms with E-state index >= 15 is 0 Å². The number of halogens is 1. The molecule has 4 rings (SSSR count). The maximum atomic E-state index is 14.3. The van der Waals surface area contributed by atoms with Crippen LogP contribution >= 0.6 is 0 Å². The summed E-state index contributed by atoms with van der Waals surface area (Å²) in [5.74, 6) is 0.436. The van der Waals surface area contributed by atoms with E-state index in [9.17, 15) is 4.39 Å². The zero-order chi connectivity index (χ0) is 19.3. The van der Waals surface area contributed by atoms with Crippen molar-refractivity contribution in [1.82, 2.24) is 24.6 Å². The second kappa shape index (κ2) is 8.45. The van der Waals surface area contributed by atoms with Gasteiger partial charge in [0.1, 0.15) is 11.5 Å². The third kappa shape index (κ3) is 4.02. The van der Waals surface area contributed by atoms with Crippen LogP contribution in [0.15, 0.2) is 49.1 Å². The first kappa shape index (κ1) is 18.5. The number of hydrogen-bond acceptors (Lipinski definition) is 6. The van der Waals surface area contributed by atoms with E-state index < -0.39 is 0 Å². The molecule has 1 saturated heterocycles. The van der Waals surface area contributed by atoms with E-state index in [4.69, 9.17) is 5.11 Å². The van der Waals surface area contributed by atoms with Gasteiger partial charge in [0.05, 0.1) is 19.3 Å². The molecule has 3 heterocycles. The zero-order valence-corrected chi connectivity index (χ0v) is 15.6. The van der Waals surface area contributed by atoms with Crippen molar-refractivity contribution in [3.63, 3.8) is 0 Å². The maximum absolute atomic E-state index is 14.3. The van der Waals surface area contributed by atoms with Gasteiger partial charge in [-0.2, -0.15) is 5.10 Å². The highest BCUT2D eigenvalue weighted by Gasteiger charge is 2.22. The molecule has 0 saturated carbocycles. The monoisotopic (exact) mass is 382 g/mol. The number of aromatic nitrogens is 4. The fourth-order valence-electron chi connectivity index (χ4n) is 3.49. The summed E-state index contributed by atoms with van der Waals surface area (Å²) < 4.78 is 16.0. The van der Waals surface area contributed by atoms with Crippen molar-refractivity contribution in [2.75, 3.05) is 37.7 Å². The van der Waals surface area contributed by atoms with Crippen molar-refractivity contribution in [3.8, 4) is 11.3 Å². The van der Waals surface area contributed by atoms with Gasteiger partial charge in [-0.3, -0.25) is 14.6 Å². The summed E-state index contributed by atoms with van der Waals surface area (Å²) in [4.78, 5) is 13.4. The van der Waals surface area contributed by atoms with Gasteiger partial charge < -0.3 is 10.0 Å². The predicted molar refractivity (Wildman–Crippen MR) is 104 cm³/mol. The highest BCUT2D eigenvalue weighted by atomic mass is 19.1. The molecule has 0 radical (unpaired) electrons. The molecule has 1 aliphatic heterocycles. The topological polar surface area (TPSA) is 70.3 Å². The Labute approximate surface area is 163 Å². The first-order chi connectivity index (χ1) is 13.7. The SMILES string of the molecule is OCCn1cc(CN2CCN(c3nccnc3-c3ccccc3F)CC2)cn1. The number of rotatable bonds is 6. The number of nitrogens with zero attached hydrogens (tertiary/aromatic N) is 6. The molecule has 1 aromatic carbocycles. The van der Waals surface area contributed by atoms with Crippen LogP contribution in [0.2, 0.25) is 0 Å². The van der Waals surface area contributed by atoms with Gasteiger partial charge in [0.2, 0.25) is 0 Å². The zero-order valence-electron chi connectivity index (χ0n) is 15.6. The third-order valence-electron chi connectivity index (χ3n) is 4.90. The molecule has 0 bridgehead atoms. The molecule has 28 heavy (non-hydrogen) atoms. The second-order valence-corrected chi connectivity index (χ2v) is 6.81. The molecule has 7 nitrogen and oxygen atoms in total. The van der Waals surface area contributed by atoms with Crippen molar-refractivity contribution in [1.29, 1.82) is 0 Å². The molecule has 0 atom stereocenters. The minimum atomic E-state index is -0.289. The summed E-state index contributed by atoms with van der Waals surface area (Å²) in [5.41, 5.74) is 2.19. The van der Waals surface area contributed by atoms with Crippen molar-refractivity contribution in [3.05, 3.63) is 60.4 Å². The van der Waals surface area contributed by atoms with Gasteiger partial charge in [0.15, 0.2) is 5.82 Å². The van der Waals surface area contributed by atoms with E-state index in [-0.39, 0.29) is 12.4 Å². The Balaban J connectivity index is 1.43. The number of hydrogen-bond donors (Lipinski definition) is 1. The Morgan fingerprint density at radius 1 is 1.04 bits per heavy atom. The second-order valence-electron chi connectivity index (χ2n) is 6.81. The van der Waals surface area contributed by atoms with Crippen molar-refractivity contribution < 1.29 is 9.50 Å². The minimum Gasteiger partial charge on any atom is -0.394 e. The molecule has 0 spiro atoms. The quantitative estimate of drug-likeness (QED) is 0.701.